The van der Waals surface area contributed by atoms with Crippen molar-refractivity contribution in [2.75, 3.05) is 13.7 Å². The minimum absolute atomic E-state index is 0.0296. The van der Waals surface area contributed by atoms with Crippen molar-refractivity contribution in [3.8, 4) is 0 Å². The Morgan fingerprint density at radius 1 is 1.26 bits per heavy atom. The van der Waals surface area contributed by atoms with E-state index < -0.39 is 17.3 Å². The van der Waals surface area contributed by atoms with E-state index in [1.807, 2.05) is 7.05 Å². The van der Waals surface area contributed by atoms with Gasteiger partial charge in [0, 0.05) is 37.7 Å². The Labute approximate surface area is 195 Å². The van der Waals surface area contributed by atoms with Crippen molar-refractivity contribution in [1.29, 1.82) is 0 Å². The van der Waals surface area contributed by atoms with Crippen molar-refractivity contribution in [2.24, 2.45) is 0 Å². The zero-order chi connectivity index (χ0) is 23.7. The molecule has 10 heteroatoms. The van der Waals surface area contributed by atoms with E-state index in [0.29, 0.717) is 42.0 Å². The Hall–Kier alpha value is -3.47. The van der Waals surface area contributed by atoms with Crippen LogP contribution < -0.4 is 16.2 Å². The van der Waals surface area contributed by atoms with E-state index in [2.05, 4.69) is 55.2 Å². The van der Waals surface area contributed by atoms with Gasteiger partial charge in [-0.25, -0.2) is 19.2 Å². The Bertz CT molecular complexity index is 1370. The maximum absolute atomic E-state index is 14.4. The van der Waals surface area contributed by atoms with Gasteiger partial charge in [0.05, 0.1) is 17.0 Å². The Morgan fingerprint density at radius 3 is 2.85 bits per heavy atom. The second-order valence-corrected chi connectivity index (χ2v) is 8.45. The maximum Gasteiger partial charge on any atom is 0.272 e. The number of aromatic nitrogens is 5. The van der Waals surface area contributed by atoms with Gasteiger partial charge < -0.3 is 15.7 Å². The molecule has 1 aliphatic rings. The van der Waals surface area contributed by atoms with Gasteiger partial charge in [0.2, 0.25) is 0 Å². The minimum atomic E-state index is -0.468. The first-order valence-electron chi connectivity index (χ1n) is 11.3. The monoisotopic (exact) mass is 463 g/mol. The van der Waals surface area contributed by atoms with E-state index >= 15 is 0 Å². The number of rotatable bonds is 7. The molecular formula is C24H26FN7O2. The molecule has 0 saturated heterocycles. The van der Waals surface area contributed by atoms with E-state index in [1.54, 1.807) is 4.68 Å². The molecule has 0 bridgehead atoms. The van der Waals surface area contributed by atoms with Gasteiger partial charge in [0.1, 0.15) is 18.0 Å². The highest BCUT2D eigenvalue weighted by Gasteiger charge is 2.36. The molecule has 9 nitrogen and oxygen atoms in total. The summed E-state index contributed by atoms with van der Waals surface area (Å²) in [6, 6.07) is 10.7. The predicted octanol–water partition coefficient (Wildman–Crippen LogP) is 1.73. The number of H-pyrrole nitrogens is 1. The highest BCUT2D eigenvalue weighted by atomic mass is 19.1. The quantitative estimate of drug-likeness (QED) is 0.329. The number of halogens is 1. The summed E-state index contributed by atoms with van der Waals surface area (Å²) in [5.41, 5.74) is 3.00. The minimum Gasteiger partial charge on any atom is -0.396 e. The van der Waals surface area contributed by atoms with Crippen LogP contribution in [-0.2, 0) is 19.6 Å². The second kappa shape index (κ2) is 9.41. The van der Waals surface area contributed by atoms with Gasteiger partial charge in [-0.2, -0.15) is 10.2 Å². The molecular weight excluding hydrogens is 437 g/mol. The van der Waals surface area contributed by atoms with Crippen LogP contribution in [0.2, 0.25) is 0 Å². The first-order valence-corrected chi connectivity index (χ1v) is 11.3. The Balaban J connectivity index is 1.72. The van der Waals surface area contributed by atoms with Crippen molar-refractivity contribution in [3.05, 3.63) is 87.1 Å². The first kappa shape index (κ1) is 22.3. The molecule has 34 heavy (non-hydrogen) atoms. The molecule has 4 aromatic rings. The third kappa shape index (κ3) is 4.00. The van der Waals surface area contributed by atoms with E-state index in [0.717, 1.165) is 17.7 Å². The largest absolute Gasteiger partial charge is 0.396 e. The molecule has 0 fully saturated rings. The summed E-state index contributed by atoms with van der Waals surface area (Å²) in [5.74, 6) is -0.227. The zero-order valence-corrected chi connectivity index (χ0v) is 18.8. The van der Waals surface area contributed by atoms with Crippen LogP contribution in [-0.4, -0.2) is 43.7 Å². The van der Waals surface area contributed by atoms with Crippen LogP contribution in [0.15, 0.2) is 47.5 Å². The lowest BCUT2D eigenvalue weighted by Crippen LogP contribution is -2.29. The summed E-state index contributed by atoms with van der Waals surface area (Å²) in [7, 11) is 1.90. The third-order valence-corrected chi connectivity index (χ3v) is 6.28. The molecule has 2 aromatic carbocycles. The molecule has 2 unspecified atom stereocenters. The summed E-state index contributed by atoms with van der Waals surface area (Å²) in [4.78, 5) is 17.1. The summed E-state index contributed by atoms with van der Waals surface area (Å²) < 4.78 is 16.2. The first-order chi connectivity index (χ1) is 16.6. The van der Waals surface area contributed by atoms with Crippen molar-refractivity contribution in [1.82, 2.24) is 35.6 Å². The number of nitrogens with zero attached hydrogens (tertiary/aromatic N) is 4. The van der Waals surface area contributed by atoms with Crippen molar-refractivity contribution in [2.45, 2.75) is 38.0 Å². The molecule has 1 aliphatic heterocycles. The second-order valence-electron chi connectivity index (χ2n) is 8.45. The number of benzene rings is 2. The molecule has 0 amide bonds. The van der Waals surface area contributed by atoms with Crippen molar-refractivity contribution < 1.29 is 9.50 Å². The highest BCUT2D eigenvalue weighted by Crippen LogP contribution is 2.41. The van der Waals surface area contributed by atoms with Gasteiger partial charge in [-0.1, -0.05) is 24.3 Å². The number of hydrogen-bond acceptors (Lipinski definition) is 7. The summed E-state index contributed by atoms with van der Waals surface area (Å²) in [6.45, 7) is 1.63. The van der Waals surface area contributed by atoms with Crippen LogP contribution in [0.4, 0.5) is 4.39 Å². The van der Waals surface area contributed by atoms with Crippen LogP contribution in [0.25, 0.3) is 10.8 Å². The molecule has 0 saturated carbocycles. The molecule has 176 valence electrons. The van der Waals surface area contributed by atoms with Gasteiger partial charge in [-0.05, 0) is 42.3 Å². The molecule has 5 rings (SSSR count). The number of hydrogen-bond donors (Lipinski definition) is 4. The Morgan fingerprint density at radius 2 is 2.09 bits per heavy atom. The summed E-state index contributed by atoms with van der Waals surface area (Å²) in [6.07, 6.45) is 2.01. The summed E-state index contributed by atoms with van der Waals surface area (Å²) >= 11 is 0. The van der Waals surface area contributed by atoms with Crippen LogP contribution in [0.1, 0.15) is 46.6 Å². The lowest BCUT2D eigenvalue weighted by atomic mass is 9.87. The number of aliphatic hydroxyl groups is 1. The van der Waals surface area contributed by atoms with Crippen LogP contribution in [0.3, 0.4) is 0 Å². The van der Waals surface area contributed by atoms with Crippen molar-refractivity contribution >= 4 is 10.8 Å². The van der Waals surface area contributed by atoms with E-state index in [9.17, 15) is 14.3 Å². The van der Waals surface area contributed by atoms with Gasteiger partial charge in [-0.15, -0.1) is 0 Å². The number of nitrogens with one attached hydrogen (secondary N) is 3. The summed E-state index contributed by atoms with van der Waals surface area (Å²) in [5, 5.41) is 28.4. The third-order valence-electron chi connectivity index (χ3n) is 6.28. The van der Waals surface area contributed by atoms with Gasteiger partial charge >= 0.3 is 0 Å². The fourth-order valence-electron chi connectivity index (χ4n) is 4.77. The number of aliphatic hydroxyl groups excluding tert-OH is 1. The molecule has 2 aromatic heterocycles. The molecule has 2 atom stereocenters. The lowest BCUT2D eigenvalue weighted by Gasteiger charge is -2.26. The number of aryl methyl sites for hydroxylation is 1. The van der Waals surface area contributed by atoms with E-state index in [-0.39, 0.29) is 18.0 Å². The fraction of sp³-hybridized carbons (Fsp3) is 0.333. The SMILES string of the molecule is CNCc1ccc(C2NCc3cc(F)cc4c(=O)[nH]nc(c34)C2c2ncnn2CCCO)cc1. The van der Waals surface area contributed by atoms with Crippen molar-refractivity contribution in [3.63, 3.8) is 0 Å². The maximum atomic E-state index is 14.4. The smallest absolute Gasteiger partial charge is 0.272 e. The van der Waals surface area contributed by atoms with Crippen LogP contribution >= 0.6 is 0 Å². The van der Waals surface area contributed by atoms with Gasteiger partial charge in [0.25, 0.3) is 5.56 Å². The molecule has 3 heterocycles. The van der Waals surface area contributed by atoms with Crippen LogP contribution in [0.5, 0.6) is 0 Å². The average molecular weight is 464 g/mol. The highest BCUT2D eigenvalue weighted by molar-refractivity contribution is 5.88. The molecule has 0 radical (unpaired) electrons. The average Bonchev–Trinajstić information content (AvgIpc) is 3.23. The number of aromatic amines is 1. The van der Waals surface area contributed by atoms with Gasteiger partial charge in [0.15, 0.2) is 0 Å². The van der Waals surface area contributed by atoms with E-state index in [4.69, 9.17) is 0 Å². The fourth-order valence-corrected chi connectivity index (χ4v) is 4.77. The molecule has 4 N–H and O–H groups in total. The van der Waals surface area contributed by atoms with E-state index in [1.165, 1.54) is 18.5 Å². The standard InChI is InChI=1S/C24H26FN7O2/c1-26-11-14-3-5-15(6-4-14)21-20(23-28-13-29-32(23)7-2-8-33)22-19-16(12-27-21)9-17(25)10-18(19)24(34)31-30-22/h3-6,9-10,13,20-21,26-27,33H,2,7-8,11-12H2,1H3,(H,31,34). The van der Waals surface area contributed by atoms with Crippen LogP contribution in [0, 0.1) is 5.82 Å². The molecule has 0 aliphatic carbocycles. The topological polar surface area (TPSA) is 121 Å². The lowest BCUT2D eigenvalue weighted by molar-refractivity contribution is 0.275. The zero-order valence-electron chi connectivity index (χ0n) is 18.8. The predicted molar refractivity (Wildman–Crippen MR) is 125 cm³/mol. The molecule has 0 spiro atoms. The normalized spacial score (nSPS) is 17.7. The van der Waals surface area contributed by atoms with Gasteiger partial charge in [-0.3, -0.25) is 4.79 Å². The Kier molecular flexibility index (Phi) is 6.18.